The van der Waals surface area contributed by atoms with E-state index in [1.807, 2.05) is 6.07 Å². The molecule has 0 radical (unpaired) electrons. The highest BCUT2D eigenvalue weighted by molar-refractivity contribution is 7.91. The zero-order valence-electron chi connectivity index (χ0n) is 12.8. The van der Waals surface area contributed by atoms with Crippen LogP contribution < -0.4 is 10.6 Å². The topological polar surface area (TPSA) is 70.6 Å². The van der Waals surface area contributed by atoms with Gasteiger partial charge in [0, 0.05) is 19.6 Å². The van der Waals surface area contributed by atoms with E-state index in [1.54, 1.807) is 7.05 Å². The molecule has 2 N–H and O–H groups in total. The molecule has 0 bridgehead atoms. The summed E-state index contributed by atoms with van der Waals surface area (Å²) in [5.74, 6) is 2.47. The van der Waals surface area contributed by atoms with Crippen LogP contribution in [0.1, 0.15) is 24.3 Å². The van der Waals surface area contributed by atoms with Crippen molar-refractivity contribution in [1.29, 1.82) is 0 Å². The van der Waals surface area contributed by atoms with Crippen molar-refractivity contribution in [2.75, 3.05) is 25.1 Å². The van der Waals surface area contributed by atoms with E-state index >= 15 is 0 Å². The van der Waals surface area contributed by atoms with E-state index in [0.717, 1.165) is 6.54 Å². The molecule has 1 aliphatic carbocycles. The molecule has 3 unspecified atom stereocenters. The molecule has 2 aliphatic rings. The van der Waals surface area contributed by atoms with Gasteiger partial charge in [-0.3, -0.25) is 4.99 Å². The molecular formula is C16H23N3O2S. The minimum absolute atomic E-state index is 0.0136. The molecule has 1 saturated carbocycles. The molecule has 3 rings (SSSR count). The summed E-state index contributed by atoms with van der Waals surface area (Å²) in [5.41, 5.74) is 1.40. The maximum absolute atomic E-state index is 11.5. The molecule has 0 amide bonds. The van der Waals surface area contributed by atoms with Crippen molar-refractivity contribution < 1.29 is 8.42 Å². The van der Waals surface area contributed by atoms with Crippen LogP contribution in [0.25, 0.3) is 0 Å². The maximum atomic E-state index is 11.5. The Morgan fingerprint density at radius 2 is 2.09 bits per heavy atom. The third-order valence-electron chi connectivity index (χ3n) is 4.48. The van der Waals surface area contributed by atoms with E-state index in [1.165, 1.54) is 12.0 Å². The van der Waals surface area contributed by atoms with Gasteiger partial charge in [0.25, 0.3) is 0 Å². The molecule has 1 aromatic carbocycles. The SMILES string of the molecule is CN=C(NCC1CC1c1ccccc1)NC1CCS(=O)(=O)C1. The summed E-state index contributed by atoms with van der Waals surface area (Å²) < 4.78 is 23.0. The van der Waals surface area contributed by atoms with Crippen LogP contribution in [0.2, 0.25) is 0 Å². The molecule has 1 heterocycles. The van der Waals surface area contributed by atoms with Gasteiger partial charge in [-0.15, -0.1) is 0 Å². The average Bonchev–Trinajstić information content (AvgIpc) is 3.21. The molecule has 120 valence electrons. The van der Waals surface area contributed by atoms with E-state index in [9.17, 15) is 8.42 Å². The summed E-state index contributed by atoms with van der Waals surface area (Å²) >= 11 is 0. The lowest BCUT2D eigenvalue weighted by Crippen LogP contribution is -2.44. The van der Waals surface area contributed by atoms with E-state index in [2.05, 4.69) is 39.9 Å². The molecule has 0 aromatic heterocycles. The fourth-order valence-electron chi connectivity index (χ4n) is 3.11. The minimum Gasteiger partial charge on any atom is -0.356 e. The normalized spacial score (nSPS) is 30.0. The van der Waals surface area contributed by atoms with Crippen LogP contribution in [0.4, 0.5) is 0 Å². The van der Waals surface area contributed by atoms with Gasteiger partial charge in [0.1, 0.15) is 0 Å². The number of hydrogen-bond acceptors (Lipinski definition) is 3. The lowest BCUT2D eigenvalue weighted by atomic mass is 10.1. The van der Waals surface area contributed by atoms with Crippen molar-refractivity contribution in [2.24, 2.45) is 10.9 Å². The largest absolute Gasteiger partial charge is 0.356 e. The second kappa shape index (κ2) is 6.28. The quantitative estimate of drug-likeness (QED) is 0.644. The molecule has 2 fully saturated rings. The molecule has 1 aliphatic heterocycles. The summed E-state index contributed by atoms with van der Waals surface area (Å²) in [6.07, 6.45) is 1.87. The minimum atomic E-state index is -2.86. The number of sulfone groups is 1. The van der Waals surface area contributed by atoms with Crippen LogP contribution in [-0.4, -0.2) is 45.5 Å². The Morgan fingerprint density at radius 1 is 1.32 bits per heavy atom. The number of rotatable bonds is 4. The number of aliphatic imine (C=N–C) groups is 1. The number of guanidine groups is 1. The van der Waals surface area contributed by atoms with Crippen LogP contribution in [0.3, 0.4) is 0 Å². The van der Waals surface area contributed by atoms with Crippen LogP contribution >= 0.6 is 0 Å². The molecule has 5 nitrogen and oxygen atoms in total. The fraction of sp³-hybridized carbons (Fsp3) is 0.562. The molecule has 3 atom stereocenters. The fourth-order valence-corrected chi connectivity index (χ4v) is 4.78. The first-order valence-electron chi connectivity index (χ1n) is 7.80. The van der Waals surface area contributed by atoms with Crippen molar-refractivity contribution in [1.82, 2.24) is 10.6 Å². The standard InChI is InChI=1S/C16H23N3O2S/c1-17-16(19-14-7-8-22(20,21)11-14)18-10-13-9-15(13)12-5-3-2-4-6-12/h2-6,13-15H,7-11H2,1H3,(H2,17,18,19). The van der Waals surface area contributed by atoms with Crippen LogP contribution in [0.5, 0.6) is 0 Å². The van der Waals surface area contributed by atoms with Gasteiger partial charge in [-0.05, 0) is 30.2 Å². The maximum Gasteiger partial charge on any atom is 0.191 e. The Hall–Kier alpha value is -1.56. The number of benzene rings is 1. The highest BCUT2D eigenvalue weighted by Crippen LogP contribution is 2.46. The van der Waals surface area contributed by atoms with Crippen molar-refractivity contribution >= 4 is 15.8 Å². The summed E-state index contributed by atoms with van der Waals surface area (Å²) in [4.78, 5) is 4.20. The second-order valence-electron chi connectivity index (χ2n) is 6.21. The first kappa shape index (κ1) is 15.3. The van der Waals surface area contributed by atoms with E-state index in [-0.39, 0.29) is 17.5 Å². The van der Waals surface area contributed by atoms with Gasteiger partial charge in [0.15, 0.2) is 15.8 Å². The summed E-state index contributed by atoms with van der Waals surface area (Å²) in [6.45, 7) is 0.874. The van der Waals surface area contributed by atoms with Crippen LogP contribution in [0, 0.1) is 5.92 Å². The Bertz CT molecular complexity index is 643. The highest BCUT2D eigenvalue weighted by Gasteiger charge is 2.38. The van der Waals surface area contributed by atoms with E-state index in [4.69, 9.17) is 0 Å². The number of nitrogens with zero attached hydrogens (tertiary/aromatic N) is 1. The van der Waals surface area contributed by atoms with Crippen molar-refractivity contribution in [2.45, 2.75) is 24.8 Å². The van der Waals surface area contributed by atoms with Gasteiger partial charge in [-0.2, -0.15) is 0 Å². The van der Waals surface area contributed by atoms with Crippen LogP contribution in [0.15, 0.2) is 35.3 Å². The summed E-state index contributed by atoms with van der Waals surface area (Å²) in [5, 5.41) is 6.55. The van der Waals surface area contributed by atoms with Crippen molar-refractivity contribution in [3.63, 3.8) is 0 Å². The van der Waals surface area contributed by atoms with Crippen molar-refractivity contribution in [3.05, 3.63) is 35.9 Å². The monoisotopic (exact) mass is 321 g/mol. The molecular weight excluding hydrogens is 298 g/mol. The summed E-state index contributed by atoms with van der Waals surface area (Å²) in [6, 6.07) is 10.6. The Labute approximate surface area is 132 Å². The lowest BCUT2D eigenvalue weighted by Gasteiger charge is -2.16. The summed E-state index contributed by atoms with van der Waals surface area (Å²) in [7, 11) is -1.14. The second-order valence-corrected chi connectivity index (χ2v) is 8.44. The van der Waals surface area contributed by atoms with Gasteiger partial charge in [-0.1, -0.05) is 30.3 Å². The number of nitrogens with one attached hydrogen (secondary N) is 2. The third kappa shape index (κ3) is 3.80. The first-order chi connectivity index (χ1) is 10.6. The van der Waals surface area contributed by atoms with Crippen molar-refractivity contribution in [3.8, 4) is 0 Å². The zero-order chi connectivity index (χ0) is 15.6. The molecule has 0 spiro atoms. The molecule has 22 heavy (non-hydrogen) atoms. The predicted molar refractivity (Wildman–Crippen MR) is 88.8 cm³/mol. The first-order valence-corrected chi connectivity index (χ1v) is 9.62. The van der Waals surface area contributed by atoms with E-state index < -0.39 is 9.84 Å². The van der Waals surface area contributed by atoms with Gasteiger partial charge >= 0.3 is 0 Å². The molecule has 6 heteroatoms. The van der Waals surface area contributed by atoms with Gasteiger partial charge in [-0.25, -0.2) is 8.42 Å². The molecule has 1 saturated heterocycles. The van der Waals surface area contributed by atoms with Gasteiger partial charge in [0.05, 0.1) is 11.5 Å². The highest BCUT2D eigenvalue weighted by atomic mass is 32.2. The lowest BCUT2D eigenvalue weighted by molar-refractivity contribution is 0.599. The Morgan fingerprint density at radius 3 is 2.73 bits per heavy atom. The smallest absolute Gasteiger partial charge is 0.191 e. The molecule has 1 aromatic rings. The van der Waals surface area contributed by atoms with E-state index in [0.29, 0.717) is 24.2 Å². The van der Waals surface area contributed by atoms with Crippen LogP contribution in [-0.2, 0) is 9.84 Å². The van der Waals surface area contributed by atoms with Gasteiger partial charge in [0.2, 0.25) is 0 Å². The zero-order valence-corrected chi connectivity index (χ0v) is 13.6. The number of hydrogen-bond donors (Lipinski definition) is 2. The Balaban J connectivity index is 1.45. The average molecular weight is 321 g/mol. The van der Waals surface area contributed by atoms with Gasteiger partial charge < -0.3 is 10.6 Å². The predicted octanol–water partition coefficient (Wildman–Crippen LogP) is 1.14. The Kier molecular flexibility index (Phi) is 4.38. The third-order valence-corrected chi connectivity index (χ3v) is 6.25.